The Labute approximate surface area is 231 Å². The van der Waals surface area contributed by atoms with Crippen LogP contribution in [0, 0.1) is 0 Å². The van der Waals surface area contributed by atoms with E-state index >= 15 is 0 Å². The van der Waals surface area contributed by atoms with Gasteiger partial charge in [-0.25, -0.2) is 0 Å². The molecule has 0 bridgehead atoms. The lowest BCUT2D eigenvalue weighted by atomic mass is 10.0. The minimum atomic E-state index is -0.0847. The van der Waals surface area contributed by atoms with Gasteiger partial charge in [0.1, 0.15) is 0 Å². The van der Waals surface area contributed by atoms with Crippen LogP contribution in [-0.4, -0.2) is 58.3 Å². The normalized spacial score (nSPS) is 10.8. The molecule has 0 rings (SSSR count). The molecule has 224 valence electrons. The van der Waals surface area contributed by atoms with Crippen LogP contribution >= 0.6 is 0 Å². The van der Waals surface area contributed by atoms with Gasteiger partial charge in [0.05, 0.1) is 6.54 Å². The number of unbranched alkanes of at least 4 members (excludes halogenated alkanes) is 16. The second-order valence-corrected chi connectivity index (χ2v) is 10.3. The van der Waals surface area contributed by atoms with Crippen LogP contribution in [0.1, 0.15) is 135 Å². The van der Waals surface area contributed by atoms with Crippen molar-refractivity contribution in [3.05, 3.63) is 0 Å². The highest BCUT2D eigenvalue weighted by Crippen LogP contribution is 2.13. The minimum Gasteiger partial charge on any atom is -0.355 e. The summed E-state index contributed by atoms with van der Waals surface area (Å²) in [5.74, 6) is -0.0847. The lowest BCUT2D eigenvalue weighted by molar-refractivity contribution is -0.119. The van der Waals surface area contributed by atoms with Crippen molar-refractivity contribution in [3.8, 4) is 0 Å². The first kappa shape index (κ1) is 38.4. The maximum Gasteiger partial charge on any atom is 0.233 e. The van der Waals surface area contributed by atoms with E-state index in [2.05, 4.69) is 22.9 Å². The summed E-state index contributed by atoms with van der Waals surface area (Å²) in [7, 11) is 0. The van der Waals surface area contributed by atoms with Crippen LogP contribution in [0.25, 0.3) is 0 Å². The molecule has 0 aromatic heterocycles. The molecule has 0 aromatic rings. The lowest BCUT2D eigenvalue weighted by Crippen LogP contribution is -2.32. The summed E-state index contributed by atoms with van der Waals surface area (Å²) in [5.41, 5.74) is 16.0. The zero-order valence-electron chi connectivity index (χ0n) is 24.9. The highest BCUT2D eigenvalue weighted by Gasteiger charge is 1.96. The molecular weight excluding hydrogens is 460 g/mol. The monoisotopic (exact) mass is 529 g/mol. The van der Waals surface area contributed by atoms with Crippen molar-refractivity contribution in [3.63, 3.8) is 0 Å². The molecule has 7 nitrogen and oxygen atoms in total. The van der Waals surface area contributed by atoms with E-state index in [1.165, 1.54) is 116 Å². The van der Waals surface area contributed by atoms with Gasteiger partial charge in [-0.05, 0) is 71.4 Å². The Kier molecular flexibility index (Phi) is 38.9. The van der Waals surface area contributed by atoms with Crippen molar-refractivity contribution in [2.75, 3.05) is 52.4 Å². The first-order valence-corrected chi connectivity index (χ1v) is 16.0. The predicted molar refractivity (Wildman–Crippen MR) is 164 cm³/mol. The molecule has 0 atom stereocenters. The third kappa shape index (κ3) is 39.9. The summed E-state index contributed by atoms with van der Waals surface area (Å²) in [5, 5.41) is 9.44. The first-order valence-electron chi connectivity index (χ1n) is 16.0. The standard InChI is InChI=1S/C18H39N.C12H29N5O/c1-2-3-4-5-6-7-8-9-10-11-12-13-14-15-16-17-18-19;13-5-3-8-15-6-1-2-7-16-9-4-10-17-12(18)11-14/h2-19H2,1H3;15-16H,1-11,13-14H2,(H,17,18). The van der Waals surface area contributed by atoms with Crippen LogP contribution in [0.4, 0.5) is 0 Å². The highest BCUT2D eigenvalue weighted by atomic mass is 16.1. The topological polar surface area (TPSA) is 131 Å². The van der Waals surface area contributed by atoms with Gasteiger partial charge in [0.25, 0.3) is 0 Å². The maximum atomic E-state index is 10.8. The van der Waals surface area contributed by atoms with Crippen molar-refractivity contribution in [1.29, 1.82) is 0 Å². The Balaban J connectivity index is 0. The van der Waals surface area contributed by atoms with Gasteiger partial charge in [-0.3, -0.25) is 4.79 Å². The van der Waals surface area contributed by atoms with Gasteiger partial charge in [-0.2, -0.15) is 0 Å². The molecule has 0 spiro atoms. The predicted octanol–water partition coefficient (Wildman–Crippen LogP) is 4.97. The van der Waals surface area contributed by atoms with Gasteiger partial charge in [-0.1, -0.05) is 103 Å². The lowest BCUT2D eigenvalue weighted by Gasteiger charge is -2.06. The summed E-state index contributed by atoms with van der Waals surface area (Å²) >= 11 is 0. The van der Waals surface area contributed by atoms with Gasteiger partial charge >= 0.3 is 0 Å². The second-order valence-electron chi connectivity index (χ2n) is 10.3. The molecule has 9 N–H and O–H groups in total. The van der Waals surface area contributed by atoms with Crippen molar-refractivity contribution in [2.45, 2.75) is 135 Å². The highest BCUT2D eigenvalue weighted by molar-refractivity contribution is 5.77. The third-order valence-corrected chi connectivity index (χ3v) is 6.61. The second kappa shape index (κ2) is 37.4. The molecular formula is C30H68N6O. The number of nitrogens with two attached hydrogens (primary N) is 3. The molecule has 0 fully saturated rings. The number of amides is 1. The molecule has 0 radical (unpaired) electrons. The van der Waals surface area contributed by atoms with Gasteiger partial charge < -0.3 is 33.2 Å². The van der Waals surface area contributed by atoms with Gasteiger partial charge in [0.2, 0.25) is 5.91 Å². The molecule has 0 aromatic carbocycles. The Morgan fingerprint density at radius 1 is 0.459 bits per heavy atom. The number of rotatable bonds is 29. The van der Waals surface area contributed by atoms with Gasteiger partial charge in [-0.15, -0.1) is 0 Å². The number of carbonyl (C=O) groups is 1. The largest absolute Gasteiger partial charge is 0.355 e. The summed E-state index contributed by atoms with van der Waals surface area (Å²) in [6.07, 6.45) is 27.2. The molecule has 0 heterocycles. The van der Waals surface area contributed by atoms with Crippen LogP contribution in [0.15, 0.2) is 0 Å². The Bertz CT molecular complexity index is 396. The maximum absolute atomic E-state index is 10.8. The Hall–Kier alpha value is -0.730. The zero-order chi connectivity index (χ0) is 27.5. The number of nitrogens with one attached hydrogen (secondary N) is 3. The molecule has 0 saturated carbocycles. The summed E-state index contributed by atoms with van der Waals surface area (Å²) < 4.78 is 0. The van der Waals surface area contributed by atoms with Crippen LogP contribution in [0.5, 0.6) is 0 Å². The summed E-state index contributed by atoms with van der Waals surface area (Å²) in [6.45, 7) is 8.74. The fourth-order valence-electron chi connectivity index (χ4n) is 4.18. The number of hydrogen-bond donors (Lipinski definition) is 6. The van der Waals surface area contributed by atoms with Crippen LogP contribution in [0.3, 0.4) is 0 Å². The van der Waals surface area contributed by atoms with Crippen molar-refractivity contribution in [1.82, 2.24) is 16.0 Å². The number of hydrogen-bond acceptors (Lipinski definition) is 6. The molecule has 37 heavy (non-hydrogen) atoms. The molecule has 0 aliphatic rings. The number of carbonyl (C=O) groups excluding carboxylic acids is 1. The van der Waals surface area contributed by atoms with E-state index in [0.717, 1.165) is 52.1 Å². The van der Waals surface area contributed by atoms with E-state index < -0.39 is 0 Å². The van der Waals surface area contributed by atoms with Crippen molar-refractivity contribution >= 4 is 5.91 Å². The third-order valence-electron chi connectivity index (χ3n) is 6.61. The molecule has 1 amide bonds. The fourth-order valence-corrected chi connectivity index (χ4v) is 4.18. The summed E-state index contributed by atoms with van der Waals surface area (Å²) in [6, 6.07) is 0. The van der Waals surface area contributed by atoms with Crippen LogP contribution < -0.4 is 33.2 Å². The molecule has 0 saturated heterocycles. The molecule has 0 aliphatic carbocycles. The Morgan fingerprint density at radius 3 is 1.24 bits per heavy atom. The van der Waals surface area contributed by atoms with E-state index in [0.29, 0.717) is 6.54 Å². The SMILES string of the molecule is CCCCCCCCCCCCCCCCCCN.NCCCNCCCCNCCCNC(=O)CN. The van der Waals surface area contributed by atoms with Crippen molar-refractivity contribution in [2.24, 2.45) is 17.2 Å². The molecule has 7 heteroatoms. The van der Waals surface area contributed by atoms with Gasteiger partial charge in [0, 0.05) is 6.54 Å². The van der Waals surface area contributed by atoms with Crippen LogP contribution in [-0.2, 0) is 4.79 Å². The summed E-state index contributed by atoms with van der Waals surface area (Å²) in [4.78, 5) is 10.8. The quantitative estimate of drug-likeness (QED) is 0.0760. The van der Waals surface area contributed by atoms with E-state index in [1.807, 2.05) is 0 Å². The van der Waals surface area contributed by atoms with Crippen LogP contribution in [0.2, 0.25) is 0 Å². The van der Waals surface area contributed by atoms with E-state index in [9.17, 15) is 4.79 Å². The average molecular weight is 529 g/mol. The van der Waals surface area contributed by atoms with Crippen molar-refractivity contribution < 1.29 is 4.79 Å². The molecule has 0 unspecified atom stereocenters. The Morgan fingerprint density at radius 2 is 0.838 bits per heavy atom. The minimum absolute atomic E-state index is 0.0740. The fraction of sp³-hybridized carbons (Fsp3) is 0.967. The zero-order valence-corrected chi connectivity index (χ0v) is 24.9. The van der Waals surface area contributed by atoms with E-state index in [1.54, 1.807) is 0 Å². The van der Waals surface area contributed by atoms with Gasteiger partial charge in [0.15, 0.2) is 0 Å². The average Bonchev–Trinajstić information content (AvgIpc) is 2.91. The first-order chi connectivity index (χ1) is 18.2. The van der Waals surface area contributed by atoms with E-state index in [-0.39, 0.29) is 12.5 Å². The molecule has 0 aliphatic heterocycles. The smallest absolute Gasteiger partial charge is 0.233 e. The van der Waals surface area contributed by atoms with E-state index in [4.69, 9.17) is 17.2 Å².